The van der Waals surface area contributed by atoms with Crippen molar-refractivity contribution >= 4 is 11.8 Å². The van der Waals surface area contributed by atoms with E-state index in [0.29, 0.717) is 50.0 Å². The molecule has 5 rings (SSSR count). The highest BCUT2D eigenvalue weighted by atomic mass is 19.1. The molecule has 0 N–H and O–H groups in total. The standard InChI is InChI=1S/C24H25FN2O4/c25-19-2-1-3-22(11-19)31-21-6-4-16(5-7-21)18-13-27(14-18)24(29)26-9-8-23-17(12-26)10-20(28)15-30-23/h1-7,11,17-18,23H,8-10,12-15H2/t17-,23+/m1/s1. The smallest absolute Gasteiger partial charge is 0.320 e. The van der Waals surface area contributed by atoms with Crippen LogP contribution in [0.25, 0.3) is 0 Å². The Balaban J connectivity index is 1.13. The molecule has 0 saturated carbocycles. The highest BCUT2D eigenvalue weighted by Gasteiger charge is 2.40. The Labute approximate surface area is 180 Å². The second kappa shape index (κ2) is 8.30. The molecule has 3 fully saturated rings. The van der Waals surface area contributed by atoms with E-state index in [9.17, 15) is 14.0 Å². The van der Waals surface area contributed by atoms with Crippen LogP contribution in [0.5, 0.6) is 11.5 Å². The summed E-state index contributed by atoms with van der Waals surface area (Å²) in [5.41, 5.74) is 1.15. The van der Waals surface area contributed by atoms with Gasteiger partial charge in [0.05, 0.1) is 6.10 Å². The predicted molar refractivity (Wildman–Crippen MR) is 112 cm³/mol. The minimum absolute atomic E-state index is 0.0544. The van der Waals surface area contributed by atoms with E-state index < -0.39 is 0 Å². The summed E-state index contributed by atoms with van der Waals surface area (Å²) in [6, 6.07) is 13.8. The third-order valence-electron chi connectivity index (χ3n) is 6.42. The average Bonchev–Trinajstić information content (AvgIpc) is 2.73. The topological polar surface area (TPSA) is 59.1 Å². The summed E-state index contributed by atoms with van der Waals surface area (Å²) < 4.78 is 24.6. The molecule has 0 aliphatic carbocycles. The summed E-state index contributed by atoms with van der Waals surface area (Å²) in [7, 11) is 0. The van der Waals surface area contributed by atoms with E-state index >= 15 is 0 Å². The van der Waals surface area contributed by atoms with Crippen molar-refractivity contribution < 1.29 is 23.5 Å². The first-order valence-electron chi connectivity index (χ1n) is 10.8. The van der Waals surface area contributed by atoms with Gasteiger partial charge in [0.25, 0.3) is 0 Å². The Morgan fingerprint density at radius 2 is 1.84 bits per heavy atom. The second-order valence-corrected chi connectivity index (χ2v) is 8.60. The molecule has 7 heteroatoms. The molecule has 3 heterocycles. The monoisotopic (exact) mass is 424 g/mol. The Morgan fingerprint density at radius 3 is 2.61 bits per heavy atom. The number of amides is 2. The number of ether oxygens (including phenoxy) is 2. The fraction of sp³-hybridized carbons (Fsp3) is 0.417. The highest BCUT2D eigenvalue weighted by molar-refractivity contribution is 5.81. The molecule has 3 aliphatic heterocycles. The molecular weight excluding hydrogens is 399 g/mol. The second-order valence-electron chi connectivity index (χ2n) is 8.60. The van der Waals surface area contributed by atoms with Gasteiger partial charge in [-0.2, -0.15) is 0 Å². The van der Waals surface area contributed by atoms with Crippen LogP contribution >= 0.6 is 0 Å². The van der Waals surface area contributed by atoms with Gasteiger partial charge in [0.2, 0.25) is 0 Å². The number of carbonyl (C=O) groups is 2. The van der Waals surface area contributed by atoms with Crippen molar-refractivity contribution in [3.63, 3.8) is 0 Å². The molecule has 162 valence electrons. The lowest BCUT2D eigenvalue weighted by atomic mass is 9.87. The largest absolute Gasteiger partial charge is 0.457 e. The number of carbonyl (C=O) groups excluding carboxylic acids is 2. The maximum absolute atomic E-state index is 13.3. The Kier molecular flexibility index (Phi) is 5.36. The quantitative estimate of drug-likeness (QED) is 0.752. The summed E-state index contributed by atoms with van der Waals surface area (Å²) in [4.78, 5) is 28.3. The van der Waals surface area contributed by atoms with E-state index in [2.05, 4.69) is 0 Å². The lowest BCUT2D eigenvalue weighted by Crippen LogP contribution is -2.58. The van der Waals surface area contributed by atoms with E-state index in [-0.39, 0.29) is 36.3 Å². The lowest BCUT2D eigenvalue weighted by Gasteiger charge is -2.46. The van der Waals surface area contributed by atoms with Crippen LogP contribution in [0.15, 0.2) is 48.5 Å². The molecule has 0 bridgehead atoms. The summed E-state index contributed by atoms with van der Waals surface area (Å²) >= 11 is 0. The summed E-state index contributed by atoms with van der Waals surface area (Å²) in [5, 5.41) is 0. The van der Waals surface area contributed by atoms with Gasteiger partial charge in [-0.3, -0.25) is 4.79 Å². The van der Waals surface area contributed by atoms with Gasteiger partial charge >= 0.3 is 6.03 Å². The third kappa shape index (κ3) is 4.28. The van der Waals surface area contributed by atoms with Crippen molar-refractivity contribution in [3.8, 4) is 11.5 Å². The summed E-state index contributed by atoms with van der Waals surface area (Å²) in [6.07, 6.45) is 1.42. The van der Waals surface area contributed by atoms with Gasteiger partial charge in [0.15, 0.2) is 5.78 Å². The zero-order chi connectivity index (χ0) is 21.4. The minimum Gasteiger partial charge on any atom is -0.457 e. The van der Waals surface area contributed by atoms with Gasteiger partial charge in [-0.05, 0) is 36.2 Å². The number of hydrogen-bond donors (Lipinski definition) is 0. The molecule has 2 aromatic rings. The molecule has 2 aromatic carbocycles. The third-order valence-corrected chi connectivity index (χ3v) is 6.42. The molecule has 0 unspecified atom stereocenters. The number of nitrogens with zero attached hydrogens (tertiary/aromatic N) is 2. The summed E-state index contributed by atoms with van der Waals surface area (Å²) in [6.45, 7) is 2.87. The molecule has 2 amide bonds. The first kappa shape index (κ1) is 20.0. The molecule has 0 radical (unpaired) electrons. The van der Waals surface area contributed by atoms with E-state index in [1.807, 2.05) is 34.1 Å². The average molecular weight is 424 g/mol. The molecule has 2 atom stereocenters. The van der Waals surface area contributed by atoms with Crippen LogP contribution in [0.2, 0.25) is 0 Å². The van der Waals surface area contributed by atoms with Crippen molar-refractivity contribution in [2.45, 2.75) is 24.9 Å². The fourth-order valence-electron chi connectivity index (χ4n) is 4.67. The number of halogens is 1. The van der Waals surface area contributed by atoms with Crippen LogP contribution in [-0.4, -0.2) is 60.5 Å². The van der Waals surface area contributed by atoms with Crippen molar-refractivity contribution in [3.05, 3.63) is 59.9 Å². The fourth-order valence-corrected chi connectivity index (χ4v) is 4.67. The van der Waals surface area contributed by atoms with Gasteiger partial charge in [-0.1, -0.05) is 18.2 Å². The molecule has 3 saturated heterocycles. The van der Waals surface area contributed by atoms with Gasteiger partial charge < -0.3 is 19.3 Å². The molecule has 6 nitrogen and oxygen atoms in total. The van der Waals surface area contributed by atoms with Gasteiger partial charge in [0.1, 0.15) is 23.9 Å². The predicted octanol–water partition coefficient (Wildman–Crippen LogP) is 3.82. The van der Waals surface area contributed by atoms with Crippen LogP contribution in [0.1, 0.15) is 24.3 Å². The van der Waals surface area contributed by atoms with Crippen LogP contribution in [0.4, 0.5) is 9.18 Å². The van der Waals surface area contributed by atoms with Crippen molar-refractivity contribution in [2.24, 2.45) is 5.92 Å². The van der Waals surface area contributed by atoms with Crippen LogP contribution in [-0.2, 0) is 9.53 Å². The number of hydrogen-bond acceptors (Lipinski definition) is 4. The molecule has 0 spiro atoms. The molecule has 31 heavy (non-hydrogen) atoms. The van der Waals surface area contributed by atoms with Crippen molar-refractivity contribution in [2.75, 3.05) is 32.8 Å². The molecule has 0 aromatic heterocycles. The van der Waals surface area contributed by atoms with Crippen molar-refractivity contribution in [1.82, 2.24) is 9.80 Å². The maximum atomic E-state index is 13.3. The zero-order valence-corrected chi connectivity index (χ0v) is 17.2. The van der Waals surface area contributed by atoms with E-state index in [1.165, 1.54) is 12.1 Å². The number of benzene rings is 2. The van der Waals surface area contributed by atoms with E-state index in [4.69, 9.17) is 9.47 Å². The van der Waals surface area contributed by atoms with E-state index in [0.717, 1.165) is 12.0 Å². The van der Waals surface area contributed by atoms with Gasteiger partial charge in [-0.25, -0.2) is 9.18 Å². The number of piperidine rings is 1. The molecule has 3 aliphatic rings. The lowest BCUT2D eigenvalue weighted by molar-refractivity contribution is -0.140. The zero-order valence-electron chi connectivity index (χ0n) is 17.2. The first-order valence-corrected chi connectivity index (χ1v) is 10.8. The van der Waals surface area contributed by atoms with Crippen molar-refractivity contribution in [1.29, 1.82) is 0 Å². The summed E-state index contributed by atoms with van der Waals surface area (Å²) in [5.74, 6) is 1.33. The maximum Gasteiger partial charge on any atom is 0.320 e. The molecular formula is C24H25FN2O4. The van der Waals surface area contributed by atoms with E-state index in [1.54, 1.807) is 12.1 Å². The van der Waals surface area contributed by atoms with Crippen LogP contribution in [0, 0.1) is 11.7 Å². The van der Waals surface area contributed by atoms with Crippen LogP contribution < -0.4 is 4.74 Å². The number of urea groups is 1. The number of fused-ring (bicyclic) bond motifs is 1. The number of ketones is 1. The number of likely N-dealkylation sites (tertiary alicyclic amines) is 2. The number of rotatable bonds is 3. The number of Topliss-reactive ketones (excluding diaryl/α,β-unsaturated/α-hetero) is 1. The first-order chi connectivity index (χ1) is 15.0. The Hall–Kier alpha value is -2.93. The normalized spacial score (nSPS) is 23.8. The van der Waals surface area contributed by atoms with Gasteiger partial charge in [0, 0.05) is 50.5 Å². The van der Waals surface area contributed by atoms with Gasteiger partial charge in [-0.15, -0.1) is 0 Å². The van der Waals surface area contributed by atoms with Crippen LogP contribution in [0.3, 0.4) is 0 Å². The Morgan fingerprint density at radius 1 is 1.03 bits per heavy atom. The Bertz CT molecular complexity index is 974. The highest BCUT2D eigenvalue weighted by Crippen LogP contribution is 2.32. The SMILES string of the molecule is O=C1CO[C@H]2CCN(C(=O)N3CC(c4ccc(Oc5cccc(F)c5)cc4)C3)C[C@H]2C1. The minimum atomic E-state index is -0.333.